The number of nitrogens with zero attached hydrogens (tertiary/aromatic N) is 3. The van der Waals surface area contributed by atoms with E-state index in [0.29, 0.717) is 11.8 Å². The first-order valence-electron chi connectivity index (χ1n) is 7.89. The molecule has 0 unspecified atom stereocenters. The molecule has 0 aliphatic rings. The Balaban J connectivity index is 1.82. The van der Waals surface area contributed by atoms with E-state index in [1.165, 1.54) is 11.1 Å². The molecule has 0 bridgehead atoms. The molecule has 0 amide bonds. The van der Waals surface area contributed by atoms with Crippen LogP contribution >= 0.6 is 0 Å². The van der Waals surface area contributed by atoms with Crippen LogP contribution in [-0.2, 0) is 0 Å². The Hall–Kier alpha value is -2.95. The van der Waals surface area contributed by atoms with Gasteiger partial charge in [-0.3, -0.25) is 0 Å². The van der Waals surface area contributed by atoms with Crippen molar-refractivity contribution in [2.24, 2.45) is 0 Å². The lowest BCUT2D eigenvalue weighted by molar-refractivity contribution is 0.980. The van der Waals surface area contributed by atoms with Gasteiger partial charge in [0.2, 0.25) is 5.95 Å². The molecule has 3 aromatic rings. The van der Waals surface area contributed by atoms with Crippen LogP contribution in [0.15, 0.2) is 42.6 Å². The van der Waals surface area contributed by atoms with Gasteiger partial charge in [-0.2, -0.15) is 10.1 Å². The van der Waals surface area contributed by atoms with Crippen molar-refractivity contribution in [3.05, 3.63) is 64.8 Å². The third kappa shape index (κ3) is 3.68. The zero-order chi connectivity index (χ0) is 17.1. The third-order valence-electron chi connectivity index (χ3n) is 3.80. The molecule has 0 aliphatic carbocycles. The summed E-state index contributed by atoms with van der Waals surface area (Å²) in [5.41, 5.74) is 6.77. The highest BCUT2D eigenvalue weighted by atomic mass is 15.3. The highest BCUT2D eigenvalue weighted by molar-refractivity contribution is 5.64. The fourth-order valence-corrected chi connectivity index (χ4v) is 2.69. The van der Waals surface area contributed by atoms with E-state index < -0.39 is 0 Å². The van der Waals surface area contributed by atoms with Crippen LogP contribution in [0, 0.1) is 27.7 Å². The first-order chi connectivity index (χ1) is 11.5. The molecule has 3 rings (SSSR count). The van der Waals surface area contributed by atoms with Crippen LogP contribution in [0.4, 0.5) is 23.1 Å². The third-order valence-corrected chi connectivity index (χ3v) is 3.80. The van der Waals surface area contributed by atoms with E-state index >= 15 is 0 Å². The molecular formula is C19H21N5. The molecule has 122 valence electrons. The summed E-state index contributed by atoms with van der Waals surface area (Å²) in [5, 5.41) is 14.6. The summed E-state index contributed by atoms with van der Waals surface area (Å²) in [6.45, 7) is 8.30. The number of benzene rings is 2. The Bertz CT molecular complexity index is 833. The molecule has 5 nitrogen and oxygen atoms in total. The number of nitrogens with one attached hydrogen (secondary N) is 2. The Morgan fingerprint density at radius 2 is 1.46 bits per heavy atom. The first kappa shape index (κ1) is 15.9. The number of hydrogen-bond acceptors (Lipinski definition) is 5. The zero-order valence-electron chi connectivity index (χ0n) is 14.4. The predicted octanol–water partition coefficient (Wildman–Crippen LogP) is 4.59. The summed E-state index contributed by atoms with van der Waals surface area (Å²) in [7, 11) is 0. The van der Waals surface area contributed by atoms with Gasteiger partial charge in [-0.25, -0.2) is 0 Å². The van der Waals surface area contributed by atoms with Crippen molar-refractivity contribution in [3.63, 3.8) is 0 Å². The van der Waals surface area contributed by atoms with E-state index in [0.717, 1.165) is 22.5 Å². The first-order valence-corrected chi connectivity index (χ1v) is 7.89. The minimum Gasteiger partial charge on any atom is -0.339 e. The zero-order valence-corrected chi connectivity index (χ0v) is 14.4. The van der Waals surface area contributed by atoms with E-state index in [4.69, 9.17) is 0 Å². The average Bonchev–Trinajstić information content (AvgIpc) is 2.53. The normalized spacial score (nSPS) is 10.5. The SMILES string of the molecule is Cc1ccc(Nc2cnnc(Nc3c(C)cc(C)cc3C)n2)cc1. The van der Waals surface area contributed by atoms with Crippen molar-refractivity contribution in [3.8, 4) is 0 Å². The van der Waals surface area contributed by atoms with Crippen molar-refractivity contribution in [2.45, 2.75) is 27.7 Å². The molecule has 2 aromatic carbocycles. The van der Waals surface area contributed by atoms with Gasteiger partial charge in [0.15, 0.2) is 5.82 Å². The highest BCUT2D eigenvalue weighted by Crippen LogP contribution is 2.24. The topological polar surface area (TPSA) is 62.7 Å². The van der Waals surface area contributed by atoms with E-state index in [9.17, 15) is 0 Å². The van der Waals surface area contributed by atoms with Crippen molar-refractivity contribution in [2.75, 3.05) is 10.6 Å². The van der Waals surface area contributed by atoms with Gasteiger partial charge in [-0.1, -0.05) is 35.4 Å². The minimum atomic E-state index is 0.474. The van der Waals surface area contributed by atoms with Crippen LogP contribution in [-0.4, -0.2) is 15.2 Å². The molecule has 0 atom stereocenters. The van der Waals surface area contributed by atoms with Crippen molar-refractivity contribution < 1.29 is 0 Å². The molecule has 1 aromatic heterocycles. The van der Waals surface area contributed by atoms with Gasteiger partial charge >= 0.3 is 0 Å². The standard InChI is InChI=1S/C19H21N5/c1-12-5-7-16(8-6-12)21-17-11-20-24-19(22-17)23-18-14(3)9-13(2)10-15(18)4/h5-11H,1-4H3,(H2,21,22,23,24). The van der Waals surface area contributed by atoms with Crippen LogP contribution in [0.5, 0.6) is 0 Å². The summed E-state index contributed by atoms with van der Waals surface area (Å²) in [4.78, 5) is 4.49. The maximum absolute atomic E-state index is 4.49. The molecule has 0 spiro atoms. The van der Waals surface area contributed by atoms with Gasteiger partial charge in [-0.15, -0.1) is 5.10 Å². The largest absolute Gasteiger partial charge is 0.339 e. The van der Waals surface area contributed by atoms with Crippen LogP contribution in [0.2, 0.25) is 0 Å². The lowest BCUT2D eigenvalue weighted by Crippen LogP contribution is -2.04. The van der Waals surface area contributed by atoms with E-state index in [-0.39, 0.29) is 0 Å². The van der Waals surface area contributed by atoms with Gasteiger partial charge in [0, 0.05) is 11.4 Å². The molecule has 0 radical (unpaired) electrons. The molecular weight excluding hydrogens is 298 g/mol. The van der Waals surface area contributed by atoms with Gasteiger partial charge in [-0.05, 0) is 51.0 Å². The summed E-state index contributed by atoms with van der Waals surface area (Å²) >= 11 is 0. The maximum atomic E-state index is 4.49. The maximum Gasteiger partial charge on any atom is 0.249 e. The molecule has 0 saturated heterocycles. The van der Waals surface area contributed by atoms with Crippen molar-refractivity contribution in [1.29, 1.82) is 0 Å². The van der Waals surface area contributed by atoms with Crippen LogP contribution < -0.4 is 10.6 Å². The number of aryl methyl sites for hydroxylation is 4. The van der Waals surface area contributed by atoms with Crippen LogP contribution in [0.25, 0.3) is 0 Å². The van der Waals surface area contributed by atoms with Crippen LogP contribution in [0.1, 0.15) is 22.3 Å². The summed E-state index contributed by atoms with van der Waals surface area (Å²) in [6.07, 6.45) is 1.61. The van der Waals surface area contributed by atoms with E-state index in [1.54, 1.807) is 6.20 Å². The average molecular weight is 319 g/mol. The quantitative estimate of drug-likeness (QED) is 0.736. The Labute approximate surface area is 142 Å². The fraction of sp³-hybridized carbons (Fsp3) is 0.211. The molecule has 0 fully saturated rings. The fourth-order valence-electron chi connectivity index (χ4n) is 2.69. The lowest BCUT2D eigenvalue weighted by Gasteiger charge is -2.13. The molecule has 0 saturated carbocycles. The van der Waals surface area contributed by atoms with Gasteiger partial charge in [0.25, 0.3) is 0 Å². The van der Waals surface area contributed by atoms with Gasteiger partial charge in [0.05, 0.1) is 6.20 Å². The predicted molar refractivity (Wildman–Crippen MR) is 98.2 cm³/mol. The summed E-state index contributed by atoms with van der Waals surface area (Å²) < 4.78 is 0. The van der Waals surface area contributed by atoms with Gasteiger partial charge in [0.1, 0.15) is 0 Å². The Kier molecular flexibility index (Phi) is 4.42. The van der Waals surface area contributed by atoms with E-state index in [1.807, 2.05) is 12.1 Å². The van der Waals surface area contributed by atoms with Crippen molar-refractivity contribution in [1.82, 2.24) is 15.2 Å². The Morgan fingerprint density at radius 3 is 2.12 bits per heavy atom. The summed E-state index contributed by atoms with van der Waals surface area (Å²) in [5.74, 6) is 1.13. The van der Waals surface area contributed by atoms with Crippen LogP contribution in [0.3, 0.4) is 0 Å². The molecule has 24 heavy (non-hydrogen) atoms. The Morgan fingerprint density at radius 1 is 0.792 bits per heavy atom. The summed E-state index contributed by atoms with van der Waals surface area (Å²) in [6, 6.07) is 12.4. The molecule has 5 heteroatoms. The second-order valence-corrected chi connectivity index (χ2v) is 6.05. The highest BCUT2D eigenvalue weighted by Gasteiger charge is 2.07. The van der Waals surface area contributed by atoms with E-state index in [2.05, 4.69) is 77.8 Å². The lowest BCUT2D eigenvalue weighted by atomic mass is 10.1. The monoisotopic (exact) mass is 319 g/mol. The van der Waals surface area contributed by atoms with Crippen molar-refractivity contribution >= 4 is 23.1 Å². The van der Waals surface area contributed by atoms with Gasteiger partial charge < -0.3 is 10.6 Å². The molecule has 2 N–H and O–H groups in total. The number of rotatable bonds is 4. The number of hydrogen-bond donors (Lipinski definition) is 2. The molecule has 1 heterocycles. The smallest absolute Gasteiger partial charge is 0.249 e. The molecule has 0 aliphatic heterocycles. The second-order valence-electron chi connectivity index (χ2n) is 6.05. The number of aromatic nitrogens is 3. The second kappa shape index (κ2) is 6.66. The minimum absolute atomic E-state index is 0.474. The number of anilines is 4.